The summed E-state index contributed by atoms with van der Waals surface area (Å²) in [4.78, 5) is 12.5. The second kappa shape index (κ2) is 8.46. The number of hydrogen-bond acceptors (Lipinski definition) is 4. The zero-order valence-electron chi connectivity index (χ0n) is 13.9. The highest BCUT2D eigenvalue weighted by molar-refractivity contribution is 7.89. The van der Waals surface area contributed by atoms with E-state index in [1.54, 1.807) is 24.3 Å². The molecule has 2 rings (SSSR count). The molecule has 1 amide bonds. The second-order valence-corrected chi connectivity index (χ2v) is 6.82. The minimum absolute atomic E-state index is 0.113. The number of hydrogen-bond donors (Lipinski definition) is 2. The Morgan fingerprint density at radius 2 is 1.84 bits per heavy atom. The molecule has 0 heterocycles. The highest BCUT2D eigenvalue weighted by Gasteiger charge is 2.14. The number of anilines is 1. The number of nitrogens with one attached hydrogen (secondary N) is 2. The Balaban J connectivity index is 2.14. The fourth-order valence-electron chi connectivity index (χ4n) is 2.10. The Morgan fingerprint density at radius 1 is 1.16 bits per heavy atom. The minimum Gasteiger partial charge on any atom is -0.493 e. The van der Waals surface area contributed by atoms with Gasteiger partial charge < -0.3 is 10.1 Å². The van der Waals surface area contributed by atoms with Gasteiger partial charge in [0, 0.05) is 12.2 Å². The number of para-hydroxylation sites is 1. The van der Waals surface area contributed by atoms with Crippen LogP contribution in [-0.2, 0) is 10.0 Å². The topological polar surface area (TPSA) is 84.5 Å². The summed E-state index contributed by atoms with van der Waals surface area (Å²) in [5.41, 5.74) is 0.896. The van der Waals surface area contributed by atoms with Gasteiger partial charge in [-0.25, -0.2) is 13.1 Å². The molecule has 0 spiro atoms. The number of amides is 1. The lowest BCUT2D eigenvalue weighted by molar-refractivity contribution is 0.102. The average Bonchev–Trinajstić information content (AvgIpc) is 2.61. The van der Waals surface area contributed by atoms with Crippen molar-refractivity contribution in [1.82, 2.24) is 4.72 Å². The van der Waals surface area contributed by atoms with Gasteiger partial charge >= 0.3 is 0 Å². The lowest BCUT2D eigenvalue weighted by atomic mass is 10.2. The molecule has 0 aliphatic heterocycles. The quantitative estimate of drug-likeness (QED) is 0.709. The van der Waals surface area contributed by atoms with Crippen LogP contribution in [0.2, 0.25) is 0 Å². The van der Waals surface area contributed by atoms with E-state index in [9.17, 15) is 13.2 Å². The standard InChI is InChI=1S/C18H20N2O4S/c1-3-13-19-25(22,23)15-11-9-14(10-12-15)20-18(21)16-7-5-6-8-17(16)24-4-2/h3,5-12,19H,1,4,13H2,2H3,(H,20,21). The summed E-state index contributed by atoms with van der Waals surface area (Å²) in [6.45, 7) is 5.91. The van der Waals surface area contributed by atoms with E-state index in [1.165, 1.54) is 30.3 Å². The summed E-state index contributed by atoms with van der Waals surface area (Å²) in [5.74, 6) is 0.166. The van der Waals surface area contributed by atoms with Crippen molar-refractivity contribution in [2.75, 3.05) is 18.5 Å². The van der Waals surface area contributed by atoms with Crippen LogP contribution in [0.5, 0.6) is 5.75 Å². The van der Waals surface area contributed by atoms with Crippen molar-refractivity contribution in [2.24, 2.45) is 0 Å². The highest BCUT2D eigenvalue weighted by atomic mass is 32.2. The SMILES string of the molecule is C=CCNS(=O)(=O)c1ccc(NC(=O)c2ccccc2OCC)cc1. The second-order valence-electron chi connectivity index (χ2n) is 5.05. The Hall–Kier alpha value is -2.64. The number of sulfonamides is 1. The van der Waals surface area contributed by atoms with E-state index >= 15 is 0 Å². The van der Waals surface area contributed by atoms with E-state index in [2.05, 4.69) is 16.6 Å². The zero-order valence-corrected chi connectivity index (χ0v) is 14.7. The summed E-state index contributed by atoms with van der Waals surface area (Å²) in [5, 5.41) is 2.73. The molecule has 0 atom stereocenters. The molecule has 132 valence electrons. The molecule has 0 aliphatic carbocycles. The molecule has 2 N–H and O–H groups in total. The van der Waals surface area contributed by atoms with E-state index < -0.39 is 10.0 Å². The fraction of sp³-hybridized carbons (Fsp3) is 0.167. The first-order valence-electron chi connectivity index (χ1n) is 7.71. The van der Waals surface area contributed by atoms with Gasteiger partial charge in [-0.2, -0.15) is 0 Å². The molecule has 6 nitrogen and oxygen atoms in total. The maximum atomic E-state index is 12.4. The molecule has 2 aromatic carbocycles. The van der Waals surface area contributed by atoms with E-state index in [0.29, 0.717) is 23.6 Å². The molecule has 25 heavy (non-hydrogen) atoms. The molecule has 0 aliphatic rings. The molecule has 0 radical (unpaired) electrons. The lowest BCUT2D eigenvalue weighted by Crippen LogP contribution is -2.23. The molecule has 0 aromatic heterocycles. The summed E-state index contributed by atoms with van der Waals surface area (Å²) in [6.07, 6.45) is 1.46. The molecular weight excluding hydrogens is 340 g/mol. The van der Waals surface area contributed by atoms with Crippen molar-refractivity contribution in [1.29, 1.82) is 0 Å². The van der Waals surface area contributed by atoms with Crippen LogP contribution in [0, 0.1) is 0 Å². The first kappa shape index (κ1) is 18.7. The van der Waals surface area contributed by atoms with Crippen LogP contribution in [0.15, 0.2) is 66.1 Å². The Bertz CT molecular complexity index is 846. The zero-order chi connectivity index (χ0) is 18.3. The monoisotopic (exact) mass is 360 g/mol. The molecule has 2 aromatic rings. The summed E-state index contributed by atoms with van der Waals surface area (Å²) >= 11 is 0. The largest absolute Gasteiger partial charge is 0.493 e. The normalized spacial score (nSPS) is 10.9. The van der Waals surface area contributed by atoms with Crippen molar-refractivity contribution < 1.29 is 17.9 Å². The van der Waals surface area contributed by atoms with Crippen LogP contribution in [0.3, 0.4) is 0 Å². The predicted octanol–water partition coefficient (Wildman–Crippen LogP) is 2.80. The number of rotatable bonds is 8. The first-order chi connectivity index (χ1) is 12.0. The first-order valence-corrected chi connectivity index (χ1v) is 9.20. The highest BCUT2D eigenvalue weighted by Crippen LogP contribution is 2.20. The van der Waals surface area contributed by atoms with Crippen LogP contribution in [0.25, 0.3) is 0 Å². The molecule has 0 unspecified atom stereocenters. The van der Waals surface area contributed by atoms with Gasteiger partial charge in [0.05, 0.1) is 17.1 Å². The van der Waals surface area contributed by atoms with Crippen molar-refractivity contribution in [3.8, 4) is 5.75 Å². The molecular formula is C18H20N2O4S. The van der Waals surface area contributed by atoms with E-state index in [4.69, 9.17) is 4.74 Å². The number of carbonyl (C=O) groups is 1. The van der Waals surface area contributed by atoms with E-state index in [-0.39, 0.29) is 17.3 Å². The predicted molar refractivity (Wildman–Crippen MR) is 97.4 cm³/mol. The Morgan fingerprint density at radius 3 is 2.48 bits per heavy atom. The van der Waals surface area contributed by atoms with E-state index in [1.807, 2.05) is 6.92 Å². The van der Waals surface area contributed by atoms with Crippen LogP contribution >= 0.6 is 0 Å². The Labute approximate surface area is 147 Å². The van der Waals surface area contributed by atoms with Gasteiger partial charge in [-0.05, 0) is 43.3 Å². The summed E-state index contributed by atoms with van der Waals surface area (Å²) in [7, 11) is -3.59. The lowest BCUT2D eigenvalue weighted by Gasteiger charge is -2.11. The molecule has 7 heteroatoms. The van der Waals surface area contributed by atoms with Crippen LogP contribution in [0.4, 0.5) is 5.69 Å². The van der Waals surface area contributed by atoms with Crippen molar-refractivity contribution in [3.63, 3.8) is 0 Å². The Kier molecular flexibility index (Phi) is 6.32. The van der Waals surface area contributed by atoms with Gasteiger partial charge in [-0.1, -0.05) is 18.2 Å². The van der Waals surface area contributed by atoms with Gasteiger partial charge in [0.1, 0.15) is 5.75 Å². The molecule has 0 bridgehead atoms. The van der Waals surface area contributed by atoms with Gasteiger partial charge in [0.25, 0.3) is 5.91 Å². The van der Waals surface area contributed by atoms with Gasteiger partial charge in [0.2, 0.25) is 10.0 Å². The van der Waals surface area contributed by atoms with Crippen LogP contribution in [0.1, 0.15) is 17.3 Å². The molecule has 0 saturated heterocycles. The third-order valence-electron chi connectivity index (χ3n) is 3.27. The molecule has 0 fully saturated rings. The van der Waals surface area contributed by atoms with Crippen molar-refractivity contribution >= 4 is 21.6 Å². The summed E-state index contributed by atoms with van der Waals surface area (Å²) < 4.78 is 31.8. The molecule has 0 saturated carbocycles. The van der Waals surface area contributed by atoms with Crippen molar-refractivity contribution in [3.05, 3.63) is 66.7 Å². The smallest absolute Gasteiger partial charge is 0.259 e. The van der Waals surface area contributed by atoms with Crippen LogP contribution < -0.4 is 14.8 Å². The number of ether oxygens (including phenoxy) is 1. The van der Waals surface area contributed by atoms with Gasteiger partial charge in [-0.15, -0.1) is 6.58 Å². The maximum absolute atomic E-state index is 12.4. The summed E-state index contributed by atoms with van der Waals surface area (Å²) in [6, 6.07) is 12.8. The fourth-order valence-corrected chi connectivity index (χ4v) is 3.10. The third-order valence-corrected chi connectivity index (χ3v) is 4.71. The van der Waals surface area contributed by atoms with Gasteiger partial charge in [0.15, 0.2) is 0 Å². The average molecular weight is 360 g/mol. The van der Waals surface area contributed by atoms with Crippen LogP contribution in [-0.4, -0.2) is 27.5 Å². The number of benzene rings is 2. The van der Waals surface area contributed by atoms with Gasteiger partial charge in [-0.3, -0.25) is 4.79 Å². The number of carbonyl (C=O) groups excluding carboxylic acids is 1. The third kappa shape index (κ3) is 4.91. The maximum Gasteiger partial charge on any atom is 0.259 e. The minimum atomic E-state index is -3.59. The van der Waals surface area contributed by atoms with Crippen molar-refractivity contribution in [2.45, 2.75) is 11.8 Å². The van der Waals surface area contributed by atoms with E-state index in [0.717, 1.165) is 0 Å².